The molecule has 5 nitrogen and oxygen atoms in total. The van der Waals surface area contributed by atoms with Gasteiger partial charge in [-0.05, 0) is 24.5 Å². The first-order valence-corrected chi connectivity index (χ1v) is 6.28. The zero-order valence-electron chi connectivity index (χ0n) is 9.89. The third-order valence-electron chi connectivity index (χ3n) is 3.04. The molecule has 18 heavy (non-hydrogen) atoms. The van der Waals surface area contributed by atoms with Crippen molar-refractivity contribution in [2.24, 2.45) is 0 Å². The number of nitro groups is 1. The lowest BCUT2D eigenvalue weighted by atomic mass is 10.1. The summed E-state index contributed by atoms with van der Waals surface area (Å²) in [6.45, 7) is 2.08. The Morgan fingerprint density at radius 2 is 2.17 bits per heavy atom. The smallest absolute Gasteiger partial charge is 0.269 e. The average molecular weight is 271 g/mol. The topological polar surface area (TPSA) is 64.4 Å². The minimum absolute atomic E-state index is 0.0724. The lowest BCUT2D eigenvalue weighted by molar-refractivity contribution is -0.384. The Balaban J connectivity index is 1.99. The van der Waals surface area contributed by atoms with Crippen molar-refractivity contribution < 1.29 is 9.66 Å². The molecule has 0 atom stereocenters. The van der Waals surface area contributed by atoms with E-state index in [2.05, 4.69) is 5.32 Å². The van der Waals surface area contributed by atoms with Crippen molar-refractivity contribution >= 4 is 17.3 Å². The molecule has 1 saturated heterocycles. The van der Waals surface area contributed by atoms with E-state index < -0.39 is 4.92 Å². The standard InChI is InChI=1S/C12H15ClN2O3/c13-12-2-1-11(15(16)17)7-9(12)8-14-10-3-5-18-6-4-10/h1-2,7,10,14H,3-6,8H2. The normalized spacial score (nSPS) is 16.7. The molecular weight excluding hydrogens is 256 g/mol. The second-order valence-corrected chi connectivity index (χ2v) is 4.71. The average Bonchev–Trinajstić information content (AvgIpc) is 2.38. The van der Waals surface area contributed by atoms with Crippen LogP contribution in [0.1, 0.15) is 18.4 Å². The van der Waals surface area contributed by atoms with Crippen LogP contribution in [0, 0.1) is 10.1 Å². The Hall–Kier alpha value is -1.17. The molecule has 0 aliphatic carbocycles. The van der Waals surface area contributed by atoms with Gasteiger partial charge in [0.25, 0.3) is 5.69 Å². The van der Waals surface area contributed by atoms with Gasteiger partial charge in [0.1, 0.15) is 0 Å². The van der Waals surface area contributed by atoms with Gasteiger partial charge in [0.15, 0.2) is 0 Å². The van der Waals surface area contributed by atoms with Gasteiger partial charge >= 0.3 is 0 Å². The van der Waals surface area contributed by atoms with E-state index in [0.29, 0.717) is 17.6 Å². The van der Waals surface area contributed by atoms with E-state index in [1.807, 2.05) is 0 Å². The molecule has 0 aromatic heterocycles. The Morgan fingerprint density at radius 1 is 1.44 bits per heavy atom. The minimum Gasteiger partial charge on any atom is -0.381 e. The van der Waals surface area contributed by atoms with E-state index in [1.54, 1.807) is 6.07 Å². The summed E-state index contributed by atoms with van der Waals surface area (Å²) in [4.78, 5) is 10.3. The van der Waals surface area contributed by atoms with Crippen molar-refractivity contribution in [3.05, 3.63) is 38.9 Å². The summed E-state index contributed by atoms with van der Waals surface area (Å²) in [7, 11) is 0. The van der Waals surface area contributed by atoms with E-state index in [-0.39, 0.29) is 5.69 Å². The lowest BCUT2D eigenvalue weighted by Crippen LogP contribution is -2.34. The molecule has 0 spiro atoms. The SMILES string of the molecule is O=[N+]([O-])c1ccc(Cl)c(CNC2CCOCC2)c1. The van der Waals surface area contributed by atoms with Gasteiger partial charge in [-0.1, -0.05) is 11.6 Å². The molecule has 0 radical (unpaired) electrons. The summed E-state index contributed by atoms with van der Waals surface area (Å²) in [6, 6.07) is 4.91. The number of hydrogen-bond donors (Lipinski definition) is 1. The van der Waals surface area contributed by atoms with Crippen LogP contribution in [0.3, 0.4) is 0 Å². The van der Waals surface area contributed by atoms with Gasteiger partial charge in [-0.2, -0.15) is 0 Å². The van der Waals surface area contributed by atoms with Crippen LogP contribution in [0.5, 0.6) is 0 Å². The molecule has 1 fully saturated rings. The van der Waals surface area contributed by atoms with Gasteiger partial charge in [0.05, 0.1) is 4.92 Å². The van der Waals surface area contributed by atoms with Crippen molar-refractivity contribution in [2.75, 3.05) is 13.2 Å². The highest BCUT2D eigenvalue weighted by Crippen LogP contribution is 2.22. The lowest BCUT2D eigenvalue weighted by Gasteiger charge is -2.23. The van der Waals surface area contributed by atoms with Crippen LogP contribution in [0.2, 0.25) is 5.02 Å². The maximum absolute atomic E-state index is 10.7. The van der Waals surface area contributed by atoms with Crippen molar-refractivity contribution in [1.82, 2.24) is 5.32 Å². The van der Waals surface area contributed by atoms with Crippen LogP contribution in [0.25, 0.3) is 0 Å². The maximum Gasteiger partial charge on any atom is 0.269 e. The van der Waals surface area contributed by atoms with Crippen LogP contribution in [0.4, 0.5) is 5.69 Å². The molecule has 1 heterocycles. The maximum atomic E-state index is 10.7. The van der Waals surface area contributed by atoms with E-state index in [9.17, 15) is 10.1 Å². The molecule has 0 saturated carbocycles. The highest BCUT2D eigenvalue weighted by Gasteiger charge is 2.15. The molecule has 0 amide bonds. The molecular formula is C12H15ClN2O3. The summed E-state index contributed by atoms with van der Waals surface area (Å²) < 4.78 is 5.27. The summed E-state index contributed by atoms with van der Waals surface area (Å²) in [5.74, 6) is 0. The number of nitrogens with zero attached hydrogens (tertiary/aromatic N) is 1. The summed E-state index contributed by atoms with van der Waals surface area (Å²) >= 11 is 6.03. The number of rotatable bonds is 4. The van der Waals surface area contributed by atoms with Gasteiger partial charge in [0.2, 0.25) is 0 Å². The molecule has 98 valence electrons. The molecule has 2 rings (SSSR count). The Labute approximate surface area is 110 Å². The van der Waals surface area contributed by atoms with Gasteiger partial charge in [-0.25, -0.2) is 0 Å². The number of halogens is 1. The number of ether oxygens (including phenoxy) is 1. The summed E-state index contributed by atoms with van der Waals surface area (Å²) in [5.41, 5.74) is 0.834. The van der Waals surface area contributed by atoms with E-state index in [1.165, 1.54) is 12.1 Å². The molecule has 1 aliphatic heterocycles. The third-order valence-corrected chi connectivity index (χ3v) is 3.41. The van der Waals surface area contributed by atoms with Crippen LogP contribution >= 0.6 is 11.6 Å². The molecule has 0 unspecified atom stereocenters. The van der Waals surface area contributed by atoms with Crippen LogP contribution in [-0.4, -0.2) is 24.2 Å². The quantitative estimate of drug-likeness (QED) is 0.674. The zero-order valence-corrected chi connectivity index (χ0v) is 10.7. The van der Waals surface area contributed by atoms with Gasteiger partial charge in [-0.15, -0.1) is 0 Å². The first-order chi connectivity index (χ1) is 8.66. The first-order valence-electron chi connectivity index (χ1n) is 5.91. The van der Waals surface area contributed by atoms with Gasteiger partial charge in [0, 0.05) is 43.0 Å². The second kappa shape index (κ2) is 6.13. The van der Waals surface area contributed by atoms with Gasteiger partial charge < -0.3 is 10.1 Å². The van der Waals surface area contributed by atoms with E-state index >= 15 is 0 Å². The first kappa shape index (κ1) is 13.3. The Morgan fingerprint density at radius 3 is 2.83 bits per heavy atom. The number of nitro benzene ring substituents is 1. The van der Waals surface area contributed by atoms with Crippen LogP contribution < -0.4 is 5.32 Å². The predicted octanol–water partition coefficient (Wildman–Crippen LogP) is 2.52. The fraction of sp³-hybridized carbons (Fsp3) is 0.500. The predicted molar refractivity (Wildman–Crippen MR) is 68.8 cm³/mol. The number of non-ortho nitro benzene ring substituents is 1. The van der Waals surface area contributed by atoms with Crippen molar-refractivity contribution in [3.63, 3.8) is 0 Å². The Bertz CT molecular complexity index is 433. The van der Waals surface area contributed by atoms with E-state index in [4.69, 9.17) is 16.3 Å². The number of nitrogens with one attached hydrogen (secondary N) is 1. The largest absolute Gasteiger partial charge is 0.381 e. The van der Waals surface area contributed by atoms with Gasteiger partial charge in [-0.3, -0.25) is 10.1 Å². The molecule has 1 aromatic rings. The molecule has 1 N–H and O–H groups in total. The molecule has 1 aromatic carbocycles. The fourth-order valence-electron chi connectivity index (χ4n) is 1.97. The highest BCUT2D eigenvalue weighted by molar-refractivity contribution is 6.31. The number of benzene rings is 1. The van der Waals surface area contributed by atoms with Crippen LogP contribution in [0.15, 0.2) is 18.2 Å². The minimum atomic E-state index is -0.408. The monoisotopic (exact) mass is 270 g/mol. The van der Waals surface area contributed by atoms with Crippen molar-refractivity contribution in [3.8, 4) is 0 Å². The molecule has 1 aliphatic rings. The van der Waals surface area contributed by atoms with Crippen molar-refractivity contribution in [1.29, 1.82) is 0 Å². The van der Waals surface area contributed by atoms with Crippen molar-refractivity contribution in [2.45, 2.75) is 25.4 Å². The summed E-state index contributed by atoms with van der Waals surface area (Å²) in [6.07, 6.45) is 1.93. The highest BCUT2D eigenvalue weighted by atomic mass is 35.5. The fourth-order valence-corrected chi connectivity index (χ4v) is 2.15. The molecule has 0 bridgehead atoms. The third kappa shape index (κ3) is 3.41. The van der Waals surface area contributed by atoms with E-state index in [0.717, 1.165) is 31.6 Å². The van der Waals surface area contributed by atoms with Crippen LogP contribution in [-0.2, 0) is 11.3 Å². The Kier molecular flexibility index (Phi) is 4.52. The number of hydrogen-bond acceptors (Lipinski definition) is 4. The summed E-state index contributed by atoms with van der Waals surface area (Å²) in [5, 5.41) is 14.6. The second-order valence-electron chi connectivity index (χ2n) is 4.30. The molecule has 6 heteroatoms. The zero-order chi connectivity index (χ0) is 13.0.